The quantitative estimate of drug-likeness (QED) is 0.546. The first-order chi connectivity index (χ1) is 5.08. The Morgan fingerprint density at radius 1 is 1.17 bits per heavy atom. The van der Waals surface area contributed by atoms with Crippen LogP contribution in [0.4, 0.5) is 0 Å². The maximum absolute atomic E-state index is 3.02. The van der Waals surface area contributed by atoms with Crippen molar-refractivity contribution in [2.45, 2.75) is 27.2 Å². The van der Waals surface area contributed by atoms with E-state index in [1.807, 2.05) is 12.1 Å². The predicted molar refractivity (Wildman–Crippen MR) is 55.6 cm³/mol. The van der Waals surface area contributed by atoms with E-state index < -0.39 is 0 Å². The van der Waals surface area contributed by atoms with Gasteiger partial charge in [-0.3, -0.25) is 0 Å². The van der Waals surface area contributed by atoms with Crippen molar-refractivity contribution in [1.29, 1.82) is 0 Å². The van der Waals surface area contributed by atoms with Gasteiger partial charge in [-0.2, -0.15) is 0 Å². The van der Waals surface area contributed by atoms with E-state index in [0.29, 0.717) is 5.41 Å². The zero-order chi connectivity index (χ0) is 8.32. The molecule has 0 nitrogen and oxygen atoms in total. The molecule has 0 heterocycles. The molecule has 0 spiro atoms. The van der Waals surface area contributed by atoms with Crippen molar-refractivity contribution in [2.75, 3.05) is 0 Å². The van der Waals surface area contributed by atoms with Crippen molar-refractivity contribution >= 4 is 18.9 Å². The molecule has 0 atom stereocenters. The van der Waals surface area contributed by atoms with Crippen LogP contribution in [0, 0.1) is 11.5 Å². The van der Waals surface area contributed by atoms with Gasteiger partial charge in [0.2, 0.25) is 0 Å². The molecule has 1 aromatic carbocycles. The van der Waals surface area contributed by atoms with E-state index in [9.17, 15) is 0 Å². The molecule has 0 aromatic heterocycles. The molecule has 0 saturated heterocycles. The SMILES string of the molecule is CC(C)(C)Cc1cc[c]cc1.[LiH]. The summed E-state index contributed by atoms with van der Waals surface area (Å²) in [5.74, 6) is 0. The molecule has 0 saturated carbocycles. The van der Waals surface area contributed by atoms with Crippen molar-refractivity contribution in [3.05, 3.63) is 35.9 Å². The molecule has 1 radical (unpaired) electrons. The third-order valence-electron chi connectivity index (χ3n) is 1.52. The van der Waals surface area contributed by atoms with Gasteiger partial charge in [-0.1, -0.05) is 45.0 Å². The standard InChI is InChI=1S/C11H15.Li.H/c1-11(2,3)9-10-7-5-4-6-8-10;;/h5-8H,9H2,1-3H3;;. The molecule has 0 aliphatic carbocycles. The van der Waals surface area contributed by atoms with E-state index in [1.165, 1.54) is 5.56 Å². The number of rotatable bonds is 1. The molecule has 0 unspecified atom stereocenters. The van der Waals surface area contributed by atoms with Crippen LogP contribution in [-0.4, -0.2) is 18.9 Å². The summed E-state index contributed by atoms with van der Waals surface area (Å²) in [6.07, 6.45) is 1.14. The Labute approximate surface area is 87.6 Å². The molecular formula is C11H16Li. The monoisotopic (exact) mass is 155 g/mol. The average molecular weight is 155 g/mol. The second kappa shape index (κ2) is 4.75. The third-order valence-corrected chi connectivity index (χ3v) is 1.52. The van der Waals surface area contributed by atoms with E-state index >= 15 is 0 Å². The summed E-state index contributed by atoms with van der Waals surface area (Å²) >= 11 is 0. The molecule has 1 rings (SSSR count). The Bertz CT molecular complexity index is 208. The summed E-state index contributed by atoms with van der Waals surface area (Å²) in [6.45, 7) is 6.76. The fraction of sp³-hybridized carbons (Fsp3) is 0.455. The fourth-order valence-electron chi connectivity index (χ4n) is 1.15. The van der Waals surface area contributed by atoms with E-state index in [1.54, 1.807) is 0 Å². The molecule has 0 aliphatic rings. The maximum atomic E-state index is 3.02. The van der Waals surface area contributed by atoms with Crippen LogP contribution in [-0.2, 0) is 6.42 Å². The van der Waals surface area contributed by atoms with Gasteiger partial charge in [-0.05, 0) is 23.5 Å². The molecule has 0 fully saturated rings. The van der Waals surface area contributed by atoms with Gasteiger partial charge in [-0.15, -0.1) is 0 Å². The van der Waals surface area contributed by atoms with Gasteiger partial charge in [0.05, 0.1) is 0 Å². The number of hydrogen-bond acceptors (Lipinski definition) is 0. The van der Waals surface area contributed by atoms with Crippen molar-refractivity contribution in [3.8, 4) is 0 Å². The first-order valence-electron chi connectivity index (χ1n) is 4.03. The van der Waals surface area contributed by atoms with E-state index in [0.717, 1.165) is 6.42 Å². The van der Waals surface area contributed by atoms with Crippen molar-refractivity contribution < 1.29 is 0 Å². The van der Waals surface area contributed by atoms with Gasteiger partial charge in [0.1, 0.15) is 0 Å². The van der Waals surface area contributed by atoms with E-state index in [-0.39, 0.29) is 18.9 Å². The second-order valence-electron chi connectivity index (χ2n) is 4.15. The number of benzene rings is 1. The summed E-state index contributed by atoms with van der Waals surface area (Å²) in [4.78, 5) is 0. The Kier molecular flexibility index (Phi) is 4.68. The first kappa shape index (κ1) is 11.8. The van der Waals surface area contributed by atoms with Gasteiger partial charge in [-0.25, -0.2) is 0 Å². The van der Waals surface area contributed by atoms with Crippen LogP contribution >= 0.6 is 0 Å². The third kappa shape index (κ3) is 4.65. The second-order valence-corrected chi connectivity index (χ2v) is 4.15. The van der Waals surface area contributed by atoms with Gasteiger partial charge >= 0.3 is 18.9 Å². The summed E-state index contributed by atoms with van der Waals surface area (Å²) in [5.41, 5.74) is 1.79. The van der Waals surface area contributed by atoms with Crippen molar-refractivity contribution in [3.63, 3.8) is 0 Å². The van der Waals surface area contributed by atoms with Crippen LogP contribution in [0.25, 0.3) is 0 Å². The zero-order valence-corrected chi connectivity index (χ0v) is 7.52. The van der Waals surface area contributed by atoms with E-state index in [4.69, 9.17) is 0 Å². The van der Waals surface area contributed by atoms with Crippen LogP contribution in [0.2, 0.25) is 0 Å². The molecule has 1 aromatic rings. The minimum absolute atomic E-state index is 0. The van der Waals surface area contributed by atoms with Gasteiger partial charge in [0, 0.05) is 0 Å². The topological polar surface area (TPSA) is 0 Å². The Morgan fingerprint density at radius 2 is 1.67 bits per heavy atom. The normalized spacial score (nSPS) is 10.6. The fourth-order valence-corrected chi connectivity index (χ4v) is 1.15. The average Bonchev–Trinajstić information content (AvgIpc) is 1.85. The Balaban J connectivity index is 0.00000121. The van der Waals surface area contributed by atoms with Crippen LogP contribution < -0.4 is 0 Å². The Morgan fingerprint density at radius 3 is 2.08 bits per heavy atom. The summed E-state index contributed by atoms with van der Waals surface area (Å²) in [7, 11) is 0. The van der Waals surface area contributed by atoms with E-state index in [2.05, 4.69) is 39.0 Å². The van der Waals surface area contributed by atoms with Crippen molar-refractivity contribution in [1.82, 2.24) is 0 Å². The molecule has 0 aliphatic heterocycles. The van der Waals surface area contributed by atoms with Crippen molar-refractivity contribution in [2.24, 2.45) is 5.41 Å². The Hall–Kier alpha value is -0.183. The summed E-state index contributed by atoms with van der Waals surface area (Å²) in [5, 5.41) is 0. The van der Waals surface area contributed by atoms with Crippen LogP contribution in [0.15, 0.2) is 24.3 Å². The molecule has 12 heavy (non-hydrogen) atoms. The minimum atomic E-state index is 0. The zero-order valence-electron chi connectivity index (χ0n) is 7.52. The predicted octanol–water partition coefficient (Wildman–Crippen LogP) is 2.43. The molecular weight excluding hydrogens is 139 g/mol. The number of hydrogen-bond donors (Lipinski definition) is 0. The van der Waals surface area contributed by atoms with Crippen LogP contribution in [0.1, 0.15) is 26.3 Å². The van der Waals surface area contributed by atoms with Crippen LogP contribution in [0.3, 0.4) is 0 Å². The van der Waals surface area contributed by atoms with Gasteiger partial charge < -0.3 is 0 Å². The molecule has 61 valence electrons. The van der Waals surface area contributed by atoms with Gasteiger partial charge in [0.15, 0.2) is 0 Å². The van der Waals surface area contributed by atoms with Crippen LogP contribution in [0.5, 0.6) is 0 Å². The summed E-state index contributed by atoms with van der Waals surface area (Å²) in [6, 6.07) is 11.2. The molecule has 1 heteroatoms. The summed E-state index contributed by atoms with van der Waals surface area (Å²) < 4.78 is 0. The van der Waals surface area contributed by atoms with Gasteiger partial charge in [0.25, 0.3) is 0 Å². The first-order valence-corrected chi connectivity index (χ1v) is 4.03. The molecule has 0 N–H and O–H groups in total. The molecule has 0 amide bonds. The molecule has 0 bridgehead atoms.